The van der Waals surface area contributed by atoms with Crippen LogP contribution in [0.2, 0.25) is 0 Å². The third-order valence-electron chi connectivity index (χ3n) is 3.97. The molecule has 1 aliphatic rings. The maximum Gasteiger partial charge on any atom is -0.0388 e. The Hall–Kier alpha value is 0. The van der Waals surface area contributed by atoms with Crippen molar-refractivity contribution in [1.82, 2.24) is 0 Å². The predicted molar refractivity (Wildman–Crippen MR) is 75.7 cm³/mol. The second kappa shape index (κ2) is 9.07. The lowest BCUT2D eigenvalue weighted by Crippen LogP contribution is -2.21. The molecule has 0 bridgehead atoms. The number of hydrogen-bond donors (Lipinski definition) is 0. The fourth-order valence-corrected chi connectivity index (χ4v) is 2.95. The third kappa shape index (κ3) is 6.55. The first-order chi connectivity index (χ1) is 7.59. The summed E-state index contributed by atoms with van der Waals surface area (Å²) in [6, 6.07) is 0. The minimum atomic E-state index is 0.896. The molecule has 98 valence electrons. The molecule has 0 aromatic heterocycles. The molecule has 1 aliphatic carbocycles. The van der Waals surface area contributed by atoms with E-state index in [2.05, 4.69) is 27.7 Å². The van der Waals surface area contributed by atoms with E-state index in [-0.39, 0.29) is 0 Å². The van der Waals surface area contributed by atoms with E-state index in [0.717, 1.165) is 23.7 Å². The van der Waals surface area contributed by atoms with Crippen LogP contribution in [0.3, 0.4) is 0 Å². The Morgan fingerprint density at radius 3 is 2.19 bits per heavy atom. The average molecular weight is 226 g/mol. The Morgan fingerprint density at radius 1 is 1.06 bits per heavy atom. The molecular formula is C16H34. The molecule has 0 nitrogen and oxygen atoms in total. The van der Waals surface area contributed by atoms with Gasteiger partial charge in [-0.25, -0.2) is 0 Å². The van der Waals surface area contributed by atoms with Gasteiger partial charge in [0.05, 0.1) is 0 Å². The zero-order chi connectivity index (χ0) is 12.6. The van der Waals surface area contributed by atoms with Crippen LogP contribution in [0.15, 0.2) is 0 Å². The SMILES string of the molecule is CC.CC(C)CCCC1CCC(C)CC1C. The van der Waals surface area contributed by atoms with Crippen LogP contribution in [0.25, 0.3) is 0 Å². The summed E-state index contributed by atoms with van der Waals surface area (Å²) in [6.07, 6.45) is 8.84. The zero-order valence-corrected chi connectivity index (χ0v) is 12.6. The van der Waals surface area contributed by atoms with Crippen LogP contribution in [0, 0.1) is 23.7 Å². The van der Waals surface area contributed by atoms with E-state index >= 15 is 0 Å². The first kappa shape index (κ1) is 16.0. The topological polar surface area (TPSA) is 0 Å². The van der Waals surface area contributed by atoms with Crippen LogP contribution in [0.4, 0.5) is 0 Å². The Bertz CT molecular complexity index is 148. The maximum absolute atomic E-state index is 2.47. The number of hydrogen-bond acceptors (Lipinski definition) is 0. The van der Waals surface area contributed by atoms with Gasteiger partial charge in [0, 0.05) is 0 Å². The van der Waals surface area contributed by atoms with Crippen LogP contribution in [-0.2, 0) is 0 Å². The van der Waals surface area contributed by atoms with Crippen molar-refractivity contribution in [3.8, 4) is 0 Å². The highest BCUT2D eigenvalue weighted by Crippen LogP contribution is 2.36. The average Bonchev–Trinajstić information content (AvgIpc) is 2.24. The Labute approximate surface area is 104 Å². The van der Waals surface area contributed by atoms with Crippen LogP contribution in [-0.4, -0.2) is 0 Å². The molecule has 0 N–H and O–H groups in total. The second-order valence-corrected chi connectivity index (χ2v) is 5.98. The molecule has 1 fully saturated rings. The van der Waals surface area contributed by atoms with E-state index in [1.54, 1.807) is 0 Å². The molecule has 3 atom stereocenters. The summed E-state index contributed by atoms with van der Waals surface area (Å²) in [6.45, 7) is 13.6. The summed E-state index contributed by atoms with van der Waals surface area (Å²) in [4.78, 5) is 0. The minimum Gasteiger partial charge on any atom is -0.0683 e. The molecule has 0 aliphatic heterocycles. The third-order valence-corrected chi connectivity index (χ3v) is 3.97. The zero-order valence-electron chi connectivity index (χ0n) is 12.6. The summed E-state index contributed by atoms with van der Waals surface area (Å²) in [5.41, 5.74) is 0. The van der Waals surface area contributed by atoms with Gasteiger partial charge in [0.25, 0.3) is 0 Å². The molecule has 0 amide bonds. The van der Waals surface area contributed by atoms with Gasteiger partial charge in [-0.1, -0.05) is 67.2 Å². The maximum atomic E-state index is 2.47. The highest BCUT2D eigenvalue weighted by atomic mass is 14.3. The Morgan fingerprint density at radius 2 is 1.69 bits per heavy atom. The summed E-state index contributed by atoms with van der Waals surface area (Å²) in [5.74, 6) is 3.93. The van der Waals surface area contributed by atoms with Crippen LogP contribution in [0.5, 0.6) is 0 Å². The van der Waals surface area contributed by atoms with Gasteiger partial charge in [-0.05, 0) is 36.5 Å². The summed E-state index contributed by atoms with van der Waals surface area (Å²) in [7, 11) is 0. The smallest absolute Gasteiger partial charge is 0.0388 e. The second-order valence-electron chi connectivity index (χ2n) is 5.98. The van der Waals surface area contributed by atoms with E-state index in [1.807, 2.05) is 13.8 Å². The molecule has 16 heavy (non-hydrogen) atoms. The molecule has 1 saturated carbocycles. The van der Waals surface area contributed by atoms with Gasteiger partial charge in [-0.3, -0.25) is 0 Å². The molecule has 0 heteroatoms. The quantitative estimate of drug-likeness (QED) is 0.559. The van der Waals surface area contributed by atoms with Gasteiger partial charge in [-0.15, -0.1) is 0 Å². The van der Waals surface area contributed by atoms with Crippen molar-refractivity contribution in [2.45, 2.75) is 80.1 Å². The van der Waals surface area contributed by atoms with Crippen molar-refractivity contribution >= 4 is 0 Å². The first-order valence-electron chi connectivity index (χ1n) is 7.59. The lowest BCUT2D eigenvalue weighted by atomic mass is 9.73. The first-order valence-corrected chi connectivity index (χ1v) is 7.59. The van der Waals surface area contributed by atoms with E-state index in [9.17, 15) is 0 Å². The van der Waals surface area contributed by atoms with Crippen molar-refractivity contribution in [1.29, 1.82) is 0 Å². The fourth-order valence-electron chi connectivity index (χ4n) is 2.95. The van der Waals surface area contributed by atoms with Gasteiger partial charge in [0.15, 0.2) is 0 Å². The van der Waals surface area contributed by atoms with Gasteiger partial charge in [-0.2, -0.15) is 0 Å². The van der Waals surface area contributed by atoms with Crippen LogP contribution < -0.4 is 0 Å². The molecule has 0 spiro atoms. The van der Waals surface area contributed by atoms with E-state index in [0.29, 0.717) is 0 Å². The van der Waals surface area contributed by atoms with Gasteiger partial charge in [0.2, 0.25) is 0 Å². The van der Waals surface area contributed by atoms with E-state index in [1.165, 1.54) is 38.5 Å². The van der Waals surface area contributed by atoms with Crippen molar-refractivity contribution in [2.24, 2.45) is 23.7 Å². The lowest BCUT2D eigenvalue weighted by Gasteiger charge is -2.32. The Kier molecular flexibility index (Phi) is 9.07. The van der Waals surface area contributed by atoms with Crippen molar-refractivity contribution in [3.63, 3.8) is 0 Å². The highest BCUT2D eigenvalue weighted by Gasteiger charge is 2.24. The normalized spacial score (nSPS) is 29.8. The van der Waals surface area contributed by atoms with Gasteiger partial charge >= 0.3 is 0 Å². The van der Waals surface area contributed by atoms with Crippen LogP contribution >= 0.6 is 0 Å². The predicted octanol–water partition coefficient (Wildman–Crippen LogP) is 5.91. The van der Waals surface area contributed by atoms with Gasteiger partial charge in [0.1, 0.15) is 0 Å². The molecule has 0 aromatic carbocycles. The van der Waals surface area contributed by atoms with E-state index in [4.69, 9.17) is 0 Å². The van der Waals surface area contributed by atoms with E-state index < -0.39 is 0 Å². The fraction of sp³-hybridized carbons (Fsp3) is 1.00. The highest BCUT2D eigenvalue weighted by molar-refractivity contribution is 4.75. The largest absolute Gasteiger partial charge is 0.0683 e. The monoisotopic (exact) mass is 226 g/mol. The standard InChI is InChI=1S/C14H28.C2H6/c1-11(2)6-5-7-14-9-8-12(3)10-13(14)4;1-2/h11-14H,5-10H2,1-4H3;1-2H3. The number of rotatable bonds is 4. The van der Waals surface area contributed by atoms with Crippen molar-refractivity contribution in [2.75, 3.05) is 0 Å². The molecule has 0 heterocycles. The summed E-state index contributed by atoms with van der Waals surface area (Å²) < 4.78 is 0. The van der Waals surface area contributed by atoms with Gasteiger partial charge < -0.3 is 0 Å². The lowest BCUT2D eigenvalue weighted by molar-refractivity contribution is 0.189. The molecule has 3 unspecified atom stereocenters. The molecule has 1 rings (SSSR count). The Balaban J connectivity index is 0.00000106. The van der Waals surface area contributed by atoms with Crippen molar-refractivity contribution in [3.05, 3.63) is 0 Å². The molecular weight excluding hydrogens is 192 g/mol. The summed E-state index contributed by atoms with van der Waals surface area (Å²) >= 11 is 0. The molecule has 0 saturated heterocycles. The minimum absolute atomic E-state index is 0.896. The molecule has 0 aromatic rings. The summed E-state index contributed by atoms with van der Waals surface area (Å²) in [5, 5.41) is 0. The van der Waals surface area contributed by atoms with Crippen LogP contribution in [0.1, 0.15) is 80.1 Å². The van der Waals surface area contributed by atoms with Crippen molar-refractivity contribution < 1.29 is 0 Å². The molecule has 0 radical (unpaired) electrons.